The Bertz CT molecular complexity index is 944. The molecule has 1 aromatic heterocycles. The second-order valence-corrected chi connectivity index (χ2v) is 12.1. The van der Waals surface area contributed by atoms with Crippen LogP contribution in [0, 0.1) is 11.8 Å². The van der Waals surface area contributed by atoms with Crippen molar-refractivity contribution < 1.29 is 4.74 Å². The molecule has 1 aromatic carbocycles. The van der Waals surface area contributed by atoms with Crippen molar-refractivity contribution in [2.45, 2.75) is 122 Å². The van der Waals surface area contributed by atoms with Gasteiger partial charge < -0.3 is 4.74 Å². The van der Waals surface area contributed by atoms with Crippen LogP contribution in [0.15, 0.2) is 49.2 Å². The second kappa shape index (κ2) is 18.1. The Hall–Kier alpha value is -1.42. The number of aromatic nitrogens is 1. The maximum Gasteiger partial charge on any atom is 0.0987 e. The smallest absolute Gasteiger partial charge is 0.0987 e. The molecule has 39 heavy (non-hydrogen) atoms. The number of nitrogens with zero attached hydrogens (tertiary/aromatic N) is 2. The maximum absolute atomic E-state index is 6.81. The van der Waals surface area contributed by atoms with Gasteiger partial charge in [0.05, 0.1) is 11.6 Å². The number of benzene rings is 1. The lowest BCUT2D eigenvalue weighted by Gasteiger charge is -2.51. The molecule has 2 bridgehead atoms. The molecule has 0 spiro atoms. The first-order chi connectivity index (χ1) is 18.8. The Labute approximate surface area is 245 Å². The molecule has 5 rings (SSSR count). The third-order valence-corrected chi connectivity index (χ3v) is 9.29. The summed E-state index contributed by atoms with van der Waals surface area (Å²) in [6, 6.07) is 11.3. The number of rotatable bonds is 19. The highest BCUT2D eigenvalue weighted by Crippen LogP contribution is 2.43. The summed E-state index contributed by atoms with van der Waals surface area (Å²) in [6.45, 7) is 9.62. The Balaban J connectivity index is 0.00000420. The fourth-order valence-electron chi connectivity index (χ4n) is 6.97. The van der Waals surface area contributed by atoms with Crippen molar-refractivity contribution in [1.29, 1.82) is 0 Å². The molecule has 5 atom stereocenters. The lowest BCUT2D eigenvalue weighted by molar-refractivity contribution is -0.0754. The van der Waals surface area contributed by atoms with Crippen LogP contribution in [-0.2, 0) is 4.74 Å². The molecule has 3 aliphatic heterocycles. The monoisotopic (exact) mass is 554 g/mol. The number of para-hydroxylation sites is 1. The zero-order valence-electron chi connectivity index (χ0n) is 24.7. The molecule has 3 saturated heterocycles. The number of halogens is 1. The quantitative estimate of drug-likeness (QED) is 0.127. The zero-order chi connectivity index (χ0) is 26.4. The summed E-state index contributed by atoms with van der Waals surface area (Å²) in [5.74, 6) is 1.39. The molecule has 0 saturated carbocycles. The zero-order valence-corrected chi connectivity index (χ0v) is 25.5. The van der Waals surface area contributed by atoms with Gasteiger partial charge in [0, 0.05) is 30.8 Å². The third kappa shape index (κ3) is 9.58. The van der Waals surface area contributed by atoms with Gasteiger partial charge >= 0.3 is 0 Å². The van der Waals surface area contributed by atoms with Crippen LogP contribution in [0.25, 0.3) is 10.9 Å². The Kier molecular flexibility index (Phi) is 14.9. The summed E-state index contributed by atoms with van der Waals surface area (Å²) in [6.07, 6.45) is 26.3. The van der Waals surface area contributed by atoms with E-state index in [9.17, 15) is 0 Å². The van der Waals surface area contributed by atoms with E-state index >= 15 is 0 Å². The van der Waals surface area contributed by atoms with Gasteiger partial charge in [-0.15, -0.1) is 19.0 Å². The van der Waals surface area contributed by atoms with Gasteiger partial charge in [-0.2, -0.15) is 0 Å². The average Bonchev–Trinajstić information content (AvgIpc) is 2.97. The van der Waals surface area contributed by atoms with Crippen LogP contribution < -0.4 is 0 Å². The molecule has 3 nitrogen and oxygen atoms in total. The van der Waals surface area contributed by atoms with Crippen LogP contribution in [0.5, 0.6) is 0 Å². The molecule has 0 aliphatic carbocycles. The number of hydrogen-bond donors (Lipinski definition) is 0. The SMILES string of the molecule is C=C[C@H]1CN2CC[C@H]1C[C@@H]2[C@@H](OCCCCCCCCCCCCCCCC)c1ccnc2ccccc12.Cl. The molecular weight excluding hydrogens is 500 g/mol. The van der Waals surface area contributed by atoms with Crippen molar-refractivity contribution in [3.8, 4) is 0 Å². The molecule has 3 fully saturated rings. The van der Waals surface area contributed by atoms with Crippen molar-refractivity contribution >= 4 is 23.3 Å². The van der Waals surface area contributed by atoms with Crippen LogP contribution in [0.2, 0.25) is 0 Å². The lowest BCUT2D eigenvalue weighted by Crippen LogP contribution is -2.55. The van der Waals surface area contributed by atoms with Gasteiger partial charge in [0.1, 0.15) is 0 Å². The summed E-state index contributed by atoms with van der Waals surface area (Å²) >= 11 is 0. The van der Waals surface area contributed by atoms with E-state index in [-0.39, 0.29) is 18.5 Å². The number of hydrogen-bond acceptors (Lipinski definition) is 3. The van der Waals surface area contributed by atoms with Gasteiger partial charge in [0.15, 0.2) is 0 Å². The van der Waals surface area contributed by atoms with Crippen LogP contribution in [-0.4, -0.2) is 35.6 Å². The molecule has 2 aromatic rings. The molecular formula is C35H55ClN2O. The minimum absolute atomic E-state index is 0. The van der Waals surface area contributed by atoms with Crippen molar-refractivity contribution in [2.24, 2.45) is 11.8 Å². The third-order valence-electron chi connectivity index (χ3n) is 9.29. The minimum Gasteiger partial charge on any atom is -0.372 e. The van der Waals surface area contributed by atoms with Crippen molar-refractivity contribution in [3.05, 3.63) is 54.7 Å². The van der Waals surface area contributed by atoms with E-state index in [1.807, 2.05) is 6.20 Å². The van der Waals surface area contributed by atoms with Gasteiger partial charge in [0.2, 0.25) is 0 Å². The maximum atomic E-state index is 6.81. The van der Waals surface area contributed by atoms with Crippen LogP contribution in [0.3, 0.4) is 0 Å². The summed E-state index contributed by atoms with van der Waals surface area (Å²) in [7, 11) is 0. The summed E-state index contributed by atoms with van der Waals surface area (Å²) in [5.41, 5.74) is 2.41. The molecule has 0 amide bonds. The van der Waals surface area contributed by atoms with Gasteiger partial charge in [-0.05, 0) is 55.3 Å². The van der Waals surface area contributed by atoms with E-state index in [2.05, 4.69) is 59.8 Å². The number of fused-ring (bicyclic) bond motifs is 4. The molecule has 0 radical (unpaired) electrons. The molecule has 4 heterocycles. The van der Waals surface area contributed by atoms with Gasteiger partial charge in [-0.1, -0.05) is 115 Å². The van der Waals surface area contributed by atoms with Crippen molar-refractivity contribution in [2.75, 3.05) is 19.7 Å². The summed E-state index contributed by atoms with van der Waals surface area (Å²) in [5, 5.41) is 1.25. The molecule has 0 N–H and O–H groups in total. The normalized spacial score (nSPS) is 23.0. The fraction of sp³-hybridized carbons (Fsp3) is 0.686. The first kappa shape index (κ1) is 32.1. The van der Waals surface area contributed by atoms with Crippen LogP contribution >= 0.6 is 12.4 Å². The number of piperidine rings is 3. The predicted molar refractivity (Wildman–Crippen MR) is 170 cm³/mol. The highest BCUT2D eigenvalue weighted by atomic mass is 35.5. The number of ether oxygens (including phenoxy) is 1. The van der Waals surface area contributed by atoms with Gasteiger partial charge in [-0.3, -0.25) is 9.88 Å². The van der Waals surface area contributed by atoms with E-state index in [1.54, 1.807) is 0 Å². The van der Waals surface area contributed by atoms with E-state index in [0.717, 1.165) is 24.6 Å². The first-order valence-corrected chi connectivity index (χ1v) is 16.1. The lowest BCUT2D eigenvalue weighted by atomic mass is 9.73. The van der Waals surface area contributed by atoms with E-state index in [1.165, 1.54) is 120 Å². The molecule has 218 valence electrons. The van der Waals surface area contributed by atoms with E-state index in [4.69, 9.17) is 4.74 Å². The van der Waals surface area contributed by atoms with Crippen molar-refractivity contribution in [1.82, 2.24) is 9.88 Å². The standard InChI is InChI=1S/C35H54N2O.ClH/c1-3-5-6-7-8-9-10-11-12-13-14-15-16-19-26-38-35(32-22-24-36-33-21-18-17-20-31(32)33)34-27-30-23-25-37(34)28-29(30)4-2;/h4,17-18,20-22,24,29-30,34-35H,2-3,5-16,19,23,25-28H2,1H3;1H/t29-,30-,34+,35-;/m0./s1. The van der Waals surface area contributed by atoms with E-state index < -0.39 is 0 Å². The predicted octanol–water partition coefficient (Wildman–Crippen LogP) is 10.1. The second-order valence-electron chi connectivity index (χ2n) is 12.1. The summed E-state index contributed by atoms with van der Waals surface area (Å²) < 4.78 is 6.81. The van der Waals surface area contributed by atoms with Crippen LogP contribution in [0.1, 0.15) is 121 Å². The number of unbranched alkanes of at least 4 members (excludes halogenated alkanes) is 13. The molecule has 1 unspecified atom stereocenters. The molecule has 3 aliphatic rings. The Morgan fingerprint density at radius 3 is 2.18 bits per heavy atom. The van der Waals surface area contributed by atoms with Gasteiger partial charge in [0.25, 0.3) is 0 Å². The first-order valence-electron chi connectivity index (χ1n) is 16.1. The molecule has 4 heteroatoms. The number of pyridine rings is 1. The average molecular weight is 555 g/mol. The Morgan fingerprint density at radius 2 is 1.56 bits per heavy atom. The fourth-order valence-corrected chi connectivity index (χ4v) is 6.97. The van der Waals surface area contributed by atoms with Gasteiger partial charge in [-0.25, -0.2) is 0 Å². The highest BCUT2D eigenvalue weighted by molar-refractivity contribution is 5.85. The van der Waals surface area contributed by atoms with Crippen LogP contribution in [0.4, 0.5) is 0 Å². The largest absolute Gasteiger partial charge is 0.372 e. The summed E-state index contributed by atoms with van der Waals surface area (Å²) in [4.78, 5) is 7.33. The topological polar surface area (TPSA) is 25.4 Å². The van der Waals surface area contributed by atoms with E-state index in [0.29, 0.717) is 12.0 Å². The minimum atomic E-state index is 0. The Morgan fingerprint density at radius 1 is 0.923 bits per heavy atom. The van der Waals surface area contributed by atoms with Crippen molar-refractivity contribution in [3.63, 3.8) is 0 Å². The highest BCUT2D eigenvalue weighted by Gasteiger charge is 2.43.